The van der Waals surface area contributed by atoms with Gasteiger partial charge in [0.15, 0.2) is 0 Å². The van der Waals surface area contributed by atoms with Crippen LogP contribution in [-0.2, 0) is 10.8 Å². The van der Waals surface area contributed by atoms with E-state index < -0.39 is 10.8 Å². The molecule has 78 heavy (non-hydrogen) atoms. The van der Waals surface area contributed by atoms with Crippen molar-refractivity contribution >= 4 is 97.5 Å². The summed E-state index contributed by atoms with van der Waals surface area (Å²) in [5.41, 5.74) is 7.26. The molecule has 0 bridgehead atoms. The zero-order valence-corrected chi connectivity index (χ0v) is 43.2. The van der Waals surface area contributed by atoms with Crippen molar-refractivity contribution in [3.63, 3.8) is 0 Å². The van der Waals surface area contributed by atoms with Gasteiger partial charge in [-0.2, -0.15) is 0 Å². The Morgan fingerprint density at radius 3 is 1.00 bits per heavy atom. The van der Waals surface area contributed by atoms with Crippen molar-refractivity contribution in [1.82, 2.24) is 0 Å². The van der Waals surface area contributed by atoms with Crippen molar-refractivity contribution in [1.29, 1.82) is 0 Å². The molecule has 10 aromatic carbocycles. The number of benzene rings is 10. The van der Waals surface area contributed by atoms with Gasteiger partial charge in [0.2, 0.25) is 11.8 Å². The zero-order valence-electron chi connectivity index (χ0n) is 41.6. The van der Waals surface area contributed by atoms with Crippen molar-refractivity contribution in [2.24, 2.45) is 0 Å². The van der Waals surface area contributed by atoms with Gasteiger partial charge in [-0.3, -0.25) is 9.80 Å². The third-order valence-electron chi connectivity index (χ3n) is 16.2. The van der Waals surface area contributed by atoms with E-state index in [2.05, 4.69) is 265 Å². The van der Waals surface area contributed by atoms with Crippen molar-refractivity contribution in [2.75, 3.05) is 9.80 Å². The second kappa shape index (κ2) is 16.5. The van der Waals surface area contributed by atoms with Gasteiger partial charge >= 0.3 is 0 Å². The minimum atomic E-state index is -1.13. The minimum absolute atomic E-state index is 0.654. The van der Waals surface area contributed by atoms with Gasteiger partial charge in [-0.05, 0) is 84.9 Å². The number of hydrogen-bond donors (Lipinski definition) is 0. The normalized spacial score (nSPS) is 14.1. The van der Waals surface area contributed by atoms with E-state index in [0.717, 1.165) is 90.6 Å². The molecule has 0 amide bonds. The first kappa shape index (κ1) is 43.6. The van der Waals surface area contributed by atoms with Crippen molar-refractivity contribution in [2.45, 2.75) is 10.8 Å². The molecule has 4 aromatic heterocycles. The van der Waals surface area contributed by atoms with Crippen LogP contribution in [0.15, 0.2) is 264 Å². The van der Waals surface area contributed by atoms with E-state index in [1.807, 2.05) is 22.7 Å². The number of fused-ring (bicyclic) bond motifs is 20. The number of thiophene rings is 2. The smallest absolute Gasteiger partial charge is 0.205 e. The van der Waals surface area contributed by atoms with Gasteiger partial charge in [-0.25, -0.2) is 0 Å². The molecule has 2 aliphatic heterocycles. The van der Waals surface area contributed by atoms with Crippen LogP contribution < -0.4 is 19.3 Å². The molecular formula is C70H42N2O4S2. The maximum absolute atomic E-state index is 8.06. The molecule has 0 saturated heterocycles. The SMILES string of the molecule is c1ccc(N(c2ccc3c(c2)sc2ccccc23)c2cc3c(o2)C2(c4ccccc4Oc4ccccc42)c2cc(N(c4ccccc4)c4ccc5c(c4)sc4ccccc45)oc2C32c3ccccc3Oc3ccccc32)cc1. The quantitative estimate of drug-likeness (QED) is 0.165. The average molecular weight is 1040 g/mol. The maximum atomic E-state index is 8.06. The maximum Gasteiger partial charge on any atom is 0.205 e. The van der Waals surface area contributed by atoms with Crippen molar-refractivity contribution in [3.05, 3.63) is 300 Å². The summed E-state index contributed by atoms with van der Waals surface area (Å²) in [6.07, 6.45) is 0. The van der Waals surface area contributed by atoms with Crippen LogP contribution in [-0.4, -0.2) is 0 Å². The van der Waals surface area contributed by atoms with Gasteiger partial charge in [-0.15, -0.1) is 22.7 Å². The summed E-state index contributed by atoms with van der Waals surface area (Å²) in [6, 6.07) is 90.4. The molecule has 368 valence electrons. The van der Waals surface area contributed by atoms with Crippen LogP contribution in [0.2, 0.25) is 0 Å². The largest absolute Gasteiger partial charge is 0.457 e. The monoisotopic (exact) mass is 1040 g/mol. The van der Waals surface area contributed by atoms with Crippen LogP contribution in [0.5, 0.6) is 23.0 Å². The molecule has 6 heterocycles. The standard InChI is InChI=1S/C70H42N2O4S2/c1-3-19-43(20-4-1)71(45-35-37-49-47-23-7-17-33-61(47)77-63(49)39-45)65-41-55-67(75-65)70(53-27-11-15-31-59(53)74-60-32-16-12-28-54(60)70)56-42-66(76-68(56)69(55)51-25-9-13-29-57(51)73-58-30-14-10-26-52(58)69)72(44-21-5-2-6-22-44)46-36-38-50-48-24-8-18-34-62(48)78-64(50)40-46/h1-42H. The highest BCUT2D eigenvalue weighted by molar-refractivity contribution is 7.26. The third-order valence-corrected chi connectivity index (χ3v) is 18.5. The summed E-state index contributed by atoms with van der Waals surface area (Å²) < 4.78 is 35.0. The number of furan rings is 2. The number of hydrogen-bond acceptors (Lipinski definition) is 8. The van der Waals surface area contributed by atoms with Crippen LogP contribution in [0.25, 0.3) is 40.3 Å². The highest BCUT2D eigenvalue weighted by Crippen LogP contribution is 2.69. The van der Waals surface area contributed by atoms with Gasteiger partial charge < -0.3 is 18.3 Å². The molecule has 0 saturated carbocycles. The summed E-state index contributed by atoms with van der Waals surface area (Å²) >= 11 is 3.62. The first-order valence-electron chi connectivity index (χ1n) is 26.2. The Labute approximate surface area is 456 Å². The van der Waals surface area contributed by atoms with Gasteiger partial charge in [0.25, 0.3) is 0 Å². The number of nitrogens with zero attached hydrogens (tertiary/aromatic N) is 2. The first-order valence-corrected chi connectivity index (χ1v) is 27.8. The van der Waals surface area contributed by atoms with Crippen LogP contribution in [0.3, 0.4) is 0 Å². The van der Waals surface area contributed by atoms with Gasteiger partial charge in [0, 0.05) is 97.2 Å². The van der Waals surface area contributed by atoms with Crippen LogP contribution in [0.4, 0.5) is 34.5 Å². The van der Waals surface area contributed by atoms with E-state index in [4.69, 9.17) is 18.3 Å². The van der Waals surface area contributed by atoms with E-state index in [0.29, 0.717) is 11.8 Å². The Bertz CT molecular complexity index is 4300. The number of rotatable bonds is 6. The molecule has 2 spiro atoms. The minimum Gasteiger partial charge on any atom is -0.457 e. The Morgan fingerprint density at radius 2 is 0.603 bits per heavy atom. The highest BCUT2D eigenvalue weighted by atomic mass is 32.1. The van der Waals surface area contributed by atoms with E-state index in [-0.39, 0.29) is 0 Å². The fourth-order valence-electron chi connectivity index (χ4n) is 13.1. The zero-order chi connectivity index (χ0) is 51.1. The van der Waals surface area contributed by atoms with E-state index >= 15 is 0 Å². The average Bonchev–Trinajstić information content (AvgIpc) is 2.28. The van der Waals surface area contributed by atoms with Crippen LogP contribution in [0, 0.1) is 0 Å². The molecule has 6 nitrogen and oxygen atoms in total. The Hall–Kier alpha value is -9.60. The second-order valence-corrected chi connectivity index (χ2v) is 22.4. The summed E-state index contributed by atoms with van der Waals surface area (Å²) in [4.78, 5) is 4.54. The first-order chi connectivity index (χ1) is 38.6. The molecule has 14 aromatic rings. The third kappa shape index (κ3) is 5.95. The summed E-state index contributed by atoms with van der Waals surface area (Å²) in [5.74, 6) is 5.78. The lowest BCUT2D eigenvalue weighted by atomic mass is 9.54. The van der Waals surface area contributed by atoms with E-state index in [9.17, 15) is 0 Å². The Balaban J connectivity index is 1.01. The lowest BCUT2D eigenvalue weighted by molar-refractivity contribution is 0.353. The molecule has 17 rings (SSSR count). The fraction of sp³-hybridized carbons (Fsp3) is 0.0286. The van der Waals surface area contributed by atoms with Crippen molar-refractivity contribution < 1.29 is 18.3 Å². The summed E-state index contributed by atoms with van der Waals surface area (Å²) in [6.45, 7) is 0. The topological polar surface area (TPSA) is 51.2 Å². The molecule has 3 aliphatic rings. The van der Waals surface area contributed by atoms with Gasteiger partial charge in [-0.1, -0.05) is 158 Å². The molecule has 0 fully saturated rings. The molecular weight excluding hydrogens is 997 g/mol. The predicted molar refractivity (Wildman–Crippen MR) is 316 cm³/mol. The predicted octanol–water partition coefficient (Wildman–Crippen LogP) is 19.8. The molecule has 0 radical (unpaired) electrons. The fourth-order valence-corrected chi connectivity index (χ4v) is 15.3. The van der Waals surface area contributed by atoms with Crippen LogP contribution >= 0.6 is 22.7 Å². The molecule has 1 aliphatic carbocycles. The van der Waals surface area contributed by atoms with Gasteiger partial charge in [0.05, 0.1) is 11.4 Å². The molecule has 0 atom stereocenters. The number of para-hydroxylation sites is 6. The Kier molecular flexibility index (Phi) is 9.20. The summed E-state index contributed by atoms with van der Waals surface area (Å²) in [7, 11) is 0. The molecule has 0 unspecified atom stereocenters. The van der Waals surface area contributed by atoms with Gasteiger partial charge in [0.1, 0.15) is 45.3 Å². The van der Waals surface area contributed by atoms with Crippen LogP contribution in [0.1, 0.15) is 44.9 Å². The van der Waals surface area contributed by atoms with E-state index in [1.54, 1.807) is 0 Å². The lowest BCUT2D eigenvalue weighted by Crippen LogP contribution is -2.46. The Morgan fingerprint density at radius 1 is 0.269 bits per heavy atom. The summed E-state index contributed by atoms with van der Waals surface area (Å²) in [5, 5.41) is 4.95. The van der Waals surface area contributed by atoms with Crippen molar-refractivity contribution in [3.8, 4) is 23.0 Å². The van der Waals surface area contributed by atoms with E-state index in [1.165, 1.54) is 40.3 Å². The lowest BCUT2D eigenvalue weighted by Gasteiger charge is -2.48. The number of ether oxygens (including phenoxy) is 2. The number of anilines is 6. The molecule has 0 N–H and O–H groups in total. The highest BCUT2D eigenvalue weighted by Gasteiger charge is 2.63. The molecule has 8 heteroatoms. The second-order valence-electron chi connectivity index (χ2n) is 20.2.